The molecule has 5 nitrogen and oxygen atoms in total. The minimum atomic E-state index is -0.456. The first-order valence-corrected chi connectivity index (χ1v) is 6.76. The van der Waals surface area contributed by atoms with Crippen molar-refractivity contribution in [1.29, 1.82) is 0 Å². The number of methoxy groups -OCH3 is 2. The quantitative estimate of drug-likeness (QED) is 0.741. The lowest BCUT2D eigenvalue weighted by atomic mass is 9.77. The third kappa shape index (κ3) is 2.81. The predicted molar refractivity (Wildman–Crippen MR) is 69.1 cm³/mol. The Balaban J connectivity index is 2.19. The van der Waals surface area contributed by atoms with E-state index in [4.69, 9.17) is 13.9 Å². The SMILES string of the molecule is CCCc1nc(CC2(OC)CCC2)oc1C(=O)OC. The molecule has 0 amide bonds. The molecule has 1 heterocycles. The summed E-state index contributed by atoms with van der Waals surface area (Å²) in [5.41, 5.74) is 0.539. The molecule has 0 bridgehead atoms. The van der Waals surface area contributed by atoms with Crippen LogP contribution in [0.2, 0.25) is 0 Å². The molecule has 0 unspecified atom stereocenters. The van der Waals surface area contributed by atoms with E-state index in [1.54, 1.807) is 7.11 Å². The van der Waals surface area contributed by atoms with Crippen LogP contribution in [-0.2, 0) is 22.3 Å². The molecule has 19 heavy (non-hydrogen) atoms. The molecule has 1 aromatic rings. The van der Waals surface area contributed by atoms with Gasteiger partial charge in [0.1, 0.15) is 0 Å². The van der Waals surface area contributed by atoms with Crippen molar-refractivity contribution in [2.24, 2.45) is 0 Å². The minimum absolute atomic E-state index is 0.151. The maximum absolute atomic E-state index is 11.7. The summed E-state index contributed by atoms with van der Waals surface area (Å²) >= 11 is 0. The van der Waals surface area contributed by atoms with Gasteiger partial charge >= 0.3 is 5.97 Å². The van der Waals surface area contributed by atoms with Crippen molar-refractivity contribution in [2.45, 2.75) is 51.0 Å². The number of carbonyl (C=O) groups is 1. The van der Waals surface area contributed by atoms with Gasteiger partial charge in [0, 0.05) is 7.11 Å². The Kier molecular flexibility index (Phi) is 4.24. The molecule has 0 N–H and O–H groups in total. The largest absolute Gasteiger partial charge is 0.463 e. The predicted octanol–water partition coefficient (Wildman–Crippen LogP) is 2.53. The Bertz CT molecular complexity index is 443. The van der Waals surface area contributed by atoms with Crippen LogP contribution >= 0.6 is 0 Å². The van der Waals surface area contributed by atoms with Crippen LogP contribution in [0, 0.1) is 0 Å². The highest BCUT2D eigenvalue weighted by molar-refractivity contribution is 5.87. The summed E-state index contributed by atoms with van der Waals surface area (Å²) in [6.45, 7) is 2.04. The molecule has 0 spiro atoms. The van der Waals surface area contributed by atoms with Crippen molar-refractivity contribution in [3.8, 4) is 0 Å². The third-order valence-electron chi connectivity index (χ3n) is 3.77. The van der Waals surface area contributed by atoms with Crippen LogP contribution in [0.15, 0.2) is 4.42 Å². The maximum Gasteiger partial charge on any atom is 0.375 e. The number of hydrogen-bond donors (Lipinski definition) is 0. The fourth-order valence-corrected chi connectivity index (χ4v) is 2.43. The molecule has 1 saturated carbocycles. The van der Waals surface area contributed by atoms with Crippen LogP contribution < -0.4 is 0 Å². The molecule has 106 valence electrons. The van der Waals surface area contributed by atoms with Crippen molar-refractivity contribution in [2.75, 3.05) is 14.2 Å². The van der Waals surface area contributed by atoms with Crippen LogP contribution in [0.5, 0.6) is 0 Å². The number of carbonyl (C=O) groups excluding carboxylic acids is 1. The molecular weight excluding hydrogens is 246 g/mol. The number of oxazole rings is 1. The fraction of sp³-hybridized carbons (Fsp3) is 0.714. The molecule has 0 aromatic carbocycles. The Morgan fingerprint density at radius 2 is 2.16 bits per heavy atom. The van der Waals surface area contributed by atoms with Crippen molar-refractivity contribution in [1.82, 2.24) is 4.98 Å². The average Bonchev–Trinajstić information content (AvgIpc) is 2.76. The summed E-state index contributed by atoms with van der Waals surface area (Å²) < 4.78 is 15.9. The van der Waals surface area contributed by atoms with E-state index in [0.29, 0.717) is 24.4 Å². The molecule has 1 aliphatic carbocycles. The van der Waals surface area contributed by atoms with E-state index in [1.807, 2.05) is 6.92 Å². The van der Waals surface area contributed by atoms with Crippen molar-refractivity contribution >= 4 is 5.97 Å². The van der Waals surface area contributed by atoms with Gasteiger partial charge in [0.05, 0.1) is 24.8 Å². The van der Waals surface area contributed by atoms with Gasteiger partial charge in [-0.3, -0.25) is 0 Å². The highest BCUT2D eigenvalue weighted by atomic mass is 16.5. The number of aryl methyl sites for hydroxylation is 1. The molecule has 0 aliphatic heterocycles. The summed E-state index contributed by atoms with van der Waals surface area (Å²) in [6.07, 6.45) is 5.45. The Morgan fingerprint density at radius 1 is 1.42 bits per heavy atom. The summed E-state index contributed by atoms with van der Waals surface area (Å²) in [4.78, 5) is 16.1. The van der Waals surface area contributed by atoms with Gasteiger partial charge < -0.3 is 13.9 Å². The normalized spacial score (nSPS) is 17.0. The summed E-state index contributed by atoms with van der Waals surface area (Å²) in [5.74, 6) is 0.359. The lowest BCUT2D eigenvalue weighted by Gasteiger charge is -2.39. The van der Waals surface area contributed by atoms with Gasteiger partial charge in [-0.15, -0.1) is 0 Å². The van der Waals surface area contributed by atoms with E-state index in [0.717, 1.165) is 19.3 Å². The number of ether oxygens (including phenoxy) is 2. The van der Waals surface area contributed by atoms with Gasteiger partial charge in [-0.2, -0.15) is 0 Å². The molecule has 1 fully saturated rings. The number of hydrogen-bond acceptors (Lipinski definition) is 5. The molecule has 0 atom stereocenters. The standard InChI is InChI=1S/C14H21NO4/c1-4-6-10-12(13(16)17-2)19-11(15-10)9-14(18-3)7-5-8-14/h4-9H2,1-3H3. The van der Waals surface area contributed by atoms with Crippen molar-refractivity contribution < 1.29 is 18.7 Å². The van der Waals surface area contributed by atoms with Gasteiger partial charge in [0.2, 0.25) is 5.76 Å². The number of nitrogens with zero attached hydrogens (tertiary/aromatic N) is 1. The molecule has 0 saturated heterocycles. The molecule has 1 aliphatic rings. The summed E-state index contributed by atoms with van der Waals surface area (Å²) in [7, 11) is 3.07. The Morgan fingerprint density at radius 3 is 2.63 bits per heavy atom. The first-order valence-electron chi connectivity index (χ1n) is 6.76. The zero-order chi connectivity index (χ0) is 13.9. The van der Waals surface area contributed by atoms with E-state index in [-0.39, 0.29) is 11.4 Å². The maximum atomic E-state index is 11.7. The second-order valence-electron chi connectivity index (χ2n) is 5.04. The fourth-order valence-electron chi connectivity index (χ4n) is 2.43. The van der Waals surface area contributed by atoms with Gasteiger partial charge in [-0.25, -0.2) is 9.78 Å². The van der Waals surface area contributed by atoms with E-state index in [9.17, 15) is 4.79 Å². The van der Waals surface area contributed by atoms with Crippen LogP contribution in [0.4, 0.5) is 0 Å². The number of rotatable bonds is 6. The zero-order valence-electron chi connectivity index (χ0n) is 11.8. The van der Waals surface area contributed by atoms with E-state index < -0.39 is 5.97 Å². The Labute approximate surface area is 113 Å². The molecular formula is C14H21NO4. The molecule has 2 rings (SSSR count). The highest BCUT2D eigenvalue weighted by Crippen LogP contribution is 2.38. The lowest BCUT2D eigenvalue weighted by molar-refractivity contribution is -0.0746. The average molecular weight is 267 g/mol. The first-order chi connectivity index (χ1) is 9.14. The van der Waals surface area contributed by atoms with Crippen LogP contribution in [0.25, 0.3) is 0 Å². The van der Waals surface area contributed by atoms with Crippen LogP contribution in [0.3, 0.4) is 0 Å². The minimum Gasteiger partial charge on any atom is -0.463 e. The lowest BCUT2D eigenvalue weighted by Crippen LogP contribution is -2.41. The zero-order valence-corrected chi connectivity index (χ0v) is 11.8. The topological polar surface area (TPSA) is 61.6 Å². The summed E-state index contributed by atoms with van der Waals surface area (Å²) in [6, 6.07) is 0. The van der Waals surface area contributed by atoms with Gasteiger partial charge in [-0.05, 0) is 25.7 Å². The van der Waals surface area contributed by atoms with Crippen molar-refractivity contribution in [3.05, 3.63) is 17.3 Å². The van der Waals surface area contributed by atoms with E-state index in [2.05, 4.69) is 4.98 Å². The second kappa shape index (κ2) is 5.74. The van der Waals surface area contributed by atoms with E-state index in [1.165, 1.54) is 13.5 Å². The monoisotopic (exact) mass is 267 g/mol. The van der Waals surface area contributed by atoms with E-state index >= 15 is 0 Å². The van der Waals surface area contributed by atoms with Gasteiger partial charge in [-0.1, -0.05) is 13.3 Å². The number of esters is 1. The smallest absolute Gasteiger partial charge is 0.375 e. The molecule has 5 heteroatoms. The highest BCUT2D eigenvalue weighted by Gasteiger charge is 2.39. The molecule has 0 radical (unpaired) electrons. The first kappa shape index (κ1) is 14.1. The van der Waals surface area contributed by atoms with Gasteiger partial charge in [0.25, 0.3) is 0 Å². The molecule has 1 aromatic heterocycles. The van der Waals surface area contributed by atoms with Crippen molar-refractivity contribution in [3.63, 3.8) is 0 Å². The third-order valence-corrected chi connectivity index (χ3v) is 3.77. The number of aromatic nitrogens is 1. The second-order valence-corrected chi connectivity index (χ2v) is 5.04. The van der Waals surface area contributed by atoms with Crippen LogP contribution in [0.1, 0.15) is 54.7 Å². The summed E-state index contributed by atoms with van der Waals surface area (Å²) in [5, 5.41) is 0. The van der Waals surface area contributed by atoms with Gasteiger partial charge in [0.15, 0.2) is 5.89 Å². The van der Waals surface area contributed by atoms with Crippen LogP contribution in [-0.4, -0.2) is 30.8 Å². The Hall–Kier alpha value is -1.36.